The van der Waals surface area contributed by atoms with Crippen molar-refractivity contribution in [3.05, 3.63) is 109 Å². The molecule has 0 amide bonds. The molecule has 0 atom stereocenters. The second kappa shape index (κ2) is 12.5. The Morgan fingerprint density at radius 3 is 1.14 bits per heavy atom. The van der Waals surface area contributed by atoms with Crippen LogP contribution in [0, 0.1) is 0 Å². The third kappa shape index (κ3) is 6.60. The topological polar surface area (TPSA) is 233 Å². The van der Waals surface area contributed by atoms with E-state index in [0.29, 0.717) is 10.8 Å². The first-order valence-corrected chi connectivity index (χ1v) is 18.2. The first-order chi connectivity index (χ1) is 23.1. The Labute approximate surface area is 278 Å². The number of aromatic hydroxyl groups is 2. The Balaban J connectivity index is 1.26. The average molecular weight is 719 g/mol. The minimum Gasteiger partial charge on any atom is -0.506 e. The van der Waals surface area contributed by atoms with Crippen LogP contribution in [0.5, 0.6) is 11.5 Å². The van der Waals surface area contributed by atoms with Crippen LogP contribution in [0.2, 0.25) is 0 Å². The van der Waals surface area contributed by atoms with Crippen LogP contribution in [0.25, 0.3) is 21.5 Å². The van der Waals surface area contributed by atoms with Crippen LogP contribution in [0.15, 0.2) is 149 Å². The minimum absolute atomic E-state index is 0.0484. The van der Waals surface area contributed by atoms with E-state index in [9.17, 15) is 44.6 Å². The Morgan fingerprint density at radius 1 is 0.429 bits per heavy atom. The Morgan fingerprint density at radius 2 is 0.796 bits per heavy atom. The quantitative estimate of drug-likeness (QED) is 0.0890. The maximum absolute atomic E-state index is 13.3. The van der Waals surface area contributed by atoms with Crippen LogP contribution in [0.1, 0.15) is 0 Å². The number of phenolic OH excluding ortho intramolecular Hbond substituents is 2. The van der Waals surface area contributed by atoms with Gasteiger partial charge in [0.05, 0.1) is 21.2 Å². The number of azo groups is 2. The van der Waals surface area contributed by atoms with Gasteiger partial charge in [-0.15, -0.1) is 10.2 Å². The van der Waals surface area contributed by atoms with Gasteiger partial charge in [0, 0.05) is 10.8 Å². The number of fused-ring (bicyclic) bond motifs is 2. The fraction of sp³-hybridized carbons (Fsp3) is 0. The molecule has 0 heterocycles. The number of rotatable bonds is 8. The van der Waals surface area contributed by atoms with Gasteiger partial charge in [-0.2, -0.15) is 27.1 Å². The first-order valence-electron chi connectivity index (χ1n) is 13.9. The van der Waals surface area contributed by atoms with Crippen molar-refractivity contribution < 1.29 is 44.6 Å². The van der Waals surface area contributed by atoms with Crippen molar-refractivity contribution in [2.75, 3.05) is 0 Å². The summed E-state index contributed by atoms with van der Waals surface area (Å²) in [6, 6.07) is 24.3. The van der Waals surface area contributed by atoms with Crippen LogP contribution in [0.4, 0.5) is 22.7 Å². The van der Waals surface area contributed by atoms with Gasteiger partial charge in [-0.3, -0.25) is 9.11 Å². The van der Waals surface area contributed by atoms with Gasteiger partial charge in [0.15, 0.2) is 0 Å². The van der Waals surface area contributed by atoms with Crippen LogP contribution in [0.3, 0.4) is 0 Å². The van der Waals surface area contributed by atoms with Crippen molar-refractivity contribution in [2.45, 2.75) is 19.6 Å². The number of benzene rings is 6. The Kier molecular flexibility index (Phi) is 8.47. The summed E-state index contributed by atoms with van der Waals surface area (Å²) in [5, 5.41) is 37.4. The highest BCUT2D eigenvalue weighted by Gasteiger charge is 2.21. The van der Waals surface area contributed by atoms with Gasteiger partial charge in [0.1, 0.15) is 32.7 Å². The van der Waals surface area contributed by atoms with Crippen LogP contribution in [-0.4, -0.2) is 44.6 Å². The molecule has 14 nitrogen and oxygen atoms in total. The van der Waals surface area contributed by atoms with E-state index in [1.165, 1.54) is 84.9 Å². The van der Waals surface area contributed by atoms with Crippen molar-refractivity contribution in [3.8, 4) is 11.5 Å². The van der Waals surface area contributed by atoms with E-state index in [4.69, 9.17) is 0 Å². The first kappa shape index (κ1) is 33.3. The molecule has 6 rings (SSSR count). The van der Waals surface area contributed by atoms with E-state index in [1.807, 2.05) is 0 Å². The molecule has 0 unspecified atom stereocenters. The molecule has 49 heavy (non-hydrogen) atoms. The number of hydrogen-bond acceptors (Lipinski definition) is 12. The number of sulfone groups is 1. The number of nitrogens with zero attached hydrogens (tertiary/aromatic N) is 4. The summed E-state index contributed by atoms with van der Waals surface area (Å²) in [7, 11) is -13.4. The van der Waals surface area contributed by atoms with E-state index in [1.54, 1.807) is 12.1 Å². The molecule has 6 aromatic carbocycles. The molecular formula is C32H22N4O10S3. The highest BCUT2D eigenvalue weighted by Crippen LogP contribution is 2.41. The predicted molar refractivity (Wildman–Crippen MR) is 178 cm³/mol. The van der Waals surface area contributed by atoms with Crippen molar-refractivity contribution in [2.24, 2.45) is 20.5 Å². The Hall–Kier alpha value is -5.59. The van der Waals surface area contributed by atoms with Gasteiger partial charge in [-0.1, -0.05) is 36.4 Å². The number of phenols is 2. The predicted octanol–water partition coefficient (Wildman–Crippen LogP) is 7.56. The summed E-state index contributed by atoms with van der Waals surface area (Å²) >= 11 is 0. The van der Waals surface area contributed by atoms with E-state index in [2.05, 4.69) is 20.5 Å². The molecule has 0 saturated heterocycles. The largest absolute Gasteiger partial charge is 0.506 e. The molecule has 0 spiro atoms. The molecule has 0 fully saturated rings. The van der Waals surface area contributed by atoms with Crippen molar-refractivity contribution in [1.82, 2.24) is 0 Å². The lowest BCUT2D eigenvalue weighted by molar-refractivity contribution is 0.475. The molecule has 0 radical (unpaired) electrons. The normalized spacial score (nSPS) is 12.8. The van der Waals surface area contributed by atoms with Gasteiger partial charge in [-0.05, 0) is 83.6 Å². The standard InChI is InChI=1S/C32H22N4O10S3/c37-25-17-7-19-3-1-5-27(48(41,42)43)29(19)31(25)35-33-21-9-13-23(14-10-21)47(39,40)24-15-11-22(12-16-24)34-36-32-26(38)18-8-20-4-2-6-28(30(20)32)49(44,45)46/h1-18,37-38H,(H,41,42,43)(H,44,45,46). The molecule has 0 aromatic heterocycles. The fourth-order valence-electron chi connectivity index (χ4n) is 5.00. The van der Waals surface area contributed by atoms with E-state index < -0.39 is 51.4 Å². The molecule has 17 heteroatoms. The van der Waals surface area contributed by atoms with E-state index >= 15 is 0 Å². The fourth-order valence-corrected chi connectivity index (χ4v) is 7.71. The van der Waals surface area contributed by atoms with E-state index in [0.717, 1.165) is 12.1 Å². The molecule has 0 bridgehead atoms. The summed E-state index contributed by atoms with van der Waals surface area (Å²) in [6.45, 7) is 0. The molecule has 0 aliphatic rings. The molecule has 4 N–H and O–H groups in total. The number of hydrogen-bond donors (Lipinski definition) is 4. The minimum atomic E-state index is -4.66. The van der Waals surface area contributed by atoms with Crippen LogP contribution in [-0.2, 0) is 30.1 Å². The molecular weight excluding hydrogens is 697 g/mol. The highest BCUT2D eigenvalue weighted by molar-refractivity contribution is 7.91. The second-order valence-corrected chi connectivity index (χ2v) is 15.1. The average Bonchev–Trinajstić information content (AvgIpc) is 3.06. The molecule has 0 saturated carbocycles. The zero-order valence-corrected chi connectivity index (χ0v) is 27.1. The van der Waals surface area contributed by atoms with Crippen molar-refractivity contribution >= 4 is 74.4 Å². The molecule has 6 aromatic rings. The van der Waals surface area contributed by atoms with Gasteiger partial charge in [0.2, 0.25) is 9.84 Å². The SMILES string of the molecule is O=S(=O)(O)c1cccc2ccc(O)c(N=Nc3ccc(S(=O)(=O)c4ccc(N=Nc5c(O)ccc6cccc(S(=O)(=O)O)c56)cc4)cc3)c12. The smallest absolute Gasteiger partial charge is 0.295 e. The summed E-state index contributed by atoms with van der Waals surface area (Å²) in [5.41, 5.74) is -0.0861. The summed E-state index contributed by atoms with van der Waals surface area (Å²) in [5.74, 6) is -0.794. The molecule has 0 aliphatic heterocycles. The maximum Gasteiger partial charge on any atom is 0.295 e. The Bertz CT molecular complexity index is 2500. The van der Waals surface area contributed by atoms with Gasteiger partial charge in [0.25, 0.3) is 20.2 Å². The lowest BCUT2D eigenvalue weighted by Crippen LogP contribution is -2.01. The lowest BCUT2D eigenvalue weighted by Gasteiger charge is -2.08. The molecule has 0 aliphatic carbocycles. The molecule has 248 valence electrons. The van der Waals surface area contributed by atoms with Crippen molar-refractivity contribution in [1.29, 1.82) is 0 Å². The van der Waals surface area contributed by atoms with Crippen LogP contribution >= 0.6 is 0 Å². The van der Waals surface area contributed by atoms with Gasteiger partial charge in [-0.25, -0.2) is 8.42 Å². The second-order valence-electron chi connectivity index (χ2n) is 10.4. The lowest BCUT2D eigenvalue weighted by atomic mass is 10.1. The third-order valence-electron chi connectivity index (χ3n) is 7.30. The zero-order chi connectivity index (χ0) is 35.1. The summed E-state index contributed by atoms with van der Waals surface area (Å²) < 4.78 is 93.8. The summed E-state index contributed by atoms with van der Waals surface area (Å²) in [6.07, 6.45) is 0. The third-order valence-corrected chi connectivity index (χ3v) is 10.9. The zero-order valence-electron chi connectivity index (χ0n) is 24.6. The monoisotopic (exact) mass is 718 g/mol. The van der Waals surface area contributed by atoms with Crippen molar-refractivity contribution in [3.63, 3.8) is 0 Å². The van der Waals surface area contributed by atoms with Crippen LogP contribution < -0.4 is 0 Å². The maximum atomic E-state index is 13.3. The summed E-state index contributed by atoms with van der Waals surface area (Å²) in [4.78, 5) is -1.13. The van der Waals surface area contributed by atoms with Gasteiger partial charge >= 0.3 is 0 Å². The highest BCUT2D eigenvalue weighted by atomic mass is 32.2. The van der Waals surface area contributed by atoms with Gasteiger partial charge < -0.3 is 10.2 Å². The van der Waals surface area contributed by atoms with E-state index in [-0.39, 0.29) is 43.3 Å².